The summed E-state index contributed by atoms with van der Waals surface area (Å²) in [4.78, 5) is 2.08. The lowest BCUT2D eigenvalue weighted by atomic mass is 10.2. The Morgan fingerprint density at radius 1 is 1.00 bits per heavy atom. The van der Waals surface area contributed by atoms with Gasteiger partial charge in [0.05, 0.1) is 6.21 Å². The fraction of sp³-hybridized carbons (Fsp3) is 0.364. The second-order valence-corrected chi connectivity index (χ2v) is 3.58. The van der Waals surface area contributed by atoms with Gasteiger partial charge in [0.1, 0.15) is 0 Å². The summed E-state index contributed by atoms with van der Waals surface area (Å²) in [5.41, 5.74) is 2.32. The molecule has 0 aliphatic rings. The van der Waals surface area contributed by atoms with Crippen molar-refractivity contribution in [1.82, 2.24) is 5.01 Å². The highest BCUT2D eigenvalue weighted by Gasteiger charge is 1.93. The Bertz CT molecular complexity index is 299. The normalized spacial score (nSPS) is 10.6. The van der Waals surface area contributed by atoms with E-state index in [-0.39, 0.29) is 0 Å². The SMILES string of the molecule is CN(C)/N=C\c1ccc(N(C)C)cc1. The summed E-state index contributed by atoms with van der Waals surface area (Å²) in [6, 6.07) is 8.28. The molecule has 0 bridgehead atoms. The van der Waals surface area contributed by atoms with Crippen LogP contribution in [-0.4, -0.2) is 39.4 Å². The van der Waals surface area contributed by atoms with Gasteiger partial charge in [-0.15, -0.1) is 0 Å². The molecule has 0 saturated carbocycles. The van der Waals surface area contributed by atoms with Gasteiger partial charge in [0, 0.05) is 33.9 Å². The second-order valence-electron chi connectivity index (χ2n) is 3.58. The third kappa shape index (κ3) is 3.09. The highest BCUT2D eigenvalue weighted by Crippen LogP contribution is 2.10. The second kappa shape index (κ2) is 4.65. The maximum atomic E-state index is 4.16. The smallest absolute Gasteiger partial charge is 0.0542 e. The van der Waals surface area contributed by atoms with Gasteiger partial charge < -0.3 is 9.91 Å². The van der Waals surface area contributed by atoms with E-state index in [1.54, 1.807) is 5.01 Å². The molecule has 0 aromatic heterocycles. The Labute approximate surface area is 85.6 Å². The van der Waals surface area contributed by atoms with Crippen molar-refractivity contribution in [3.8, 4) is 0 Å². The minimum absolute atomic E-state index is 1.12. The molecule has 0 heterocycles. The molecule has 0 aliphatic heterocycles. The lowest BCUT2D eigenvalue weighted by Gasteiger charge is -2.11. The van der Waals surface area contributed by atoms with Crippen LogP contribution in [0.2, 0.25) is 0 Å². The van der Waals surface area contributed by atoms with Crippen LogP contribution in [0.15, 0.2) is 29.4 Å². The van der Waals surface area contributed by atoms with Crippen LogP contribution in [0.4, 0.5) is 5.69 Å². The molecule has 0 atom stereocenters. The van der Waals surface area contributed by atoms with Crippen LogP contribution in [0.1, 0.15) is 5.56 Å². The van der Waals surface area contributed by atoms with Crippen molar-refractivity contribution in [3.63, 3.8) is 0 Å². The van der Waals surface area contributed by atoms with E-state index < -0.39 is 0 Å². The molecule has 0 amide bonds. The van der Waals surface area contributed by atoms with Crippen molar-refractivity contribution in [2.45, 2.75) is 0 Å². The van der Waals surface area contributed by atoms with Crippen molar-refractivity contribution in [3.05, 3.63) is 29.8 Å². The third-order valence-corrected chi connectivity index (χ3v) is 1.85. The van der Waals surface area contributed by atoms with Gasteiger partial charge in [-0.25, -0.2) is 0 Å². The highest BCUT2D eigenvalue weighted by atomic mass is 15.4. The molecule has 3 nitrogen and oxygen atoms in total. The van der Waals surface area contributed by atoms with Gasteiger partial charge >= 0.3 is 0 Å². The average Bonchev–Trinajstić information content (AvgIpc) is 2.15. The van der Waals surface area contributed by atoms with Gasteiger partial charge in [-0.1, -0.05) is 12.1 Å². The monoisotopic (exact) mass is 191 g/mol. The maximum Gasteiger partial charge on any atom is 0.0542 e. The number of benzene rings is 1. The van der Waals surface area contributed by atoms with Gasteiger partial charge in [0.2, 0.25) is 0 Å². The van der Waals surface area contributed by atoms with E-state index in [0.717, 1.165) is 5.56 Å². The quantitative estimate of drug-likeness (QED) is 0.534. The number of anilines is 1. The van der Waals surface area contributed by atoms with Crippen molar-refractivity contribution in [1.29, 1.82) is 0 Å². The van der Waals surface area contributed by atoms with Gasteiger partial charge in [-0.2, -0.15) is 5.10 Å². The van der Waals surface area contributed by atoms with Gasteiger partial charge in [-0.05, 0) is 17.7 Å². The van der Waals surface area contributed by atoms with E-state index >= 15 is 0 Å². The molecule has 14 heavy (non-hydrogen) atoms. The first-order valence-corrected chi connectivity index (χ1v) is 4.58. The number of hydrogen-bond acceptors (Lipinski definition) is 3. The van der Waals surface area contributed by atoms with Crippen LogP contribution in [0.3, 0.4) is 0 Å². The minimum Gasteiger partial charge on any atom is -0.378 e. The summed E-state index contributed by atoms with van der Waals surface area (Å²) >= 11 is 0. The molecule has 0 saturated heterocycles. The predicted octanol–water partition coefficient (Wildman–Crippen LogP) is 1.65. The predicted molar refractivity (Wildman–Crippen MR) is 62.1 cm³/mol. The van der Waals surface area contributed by atoms with E-state index in [2.05, 4.69) is 34.3 Å². The molecular weight excluding hydrogens is 174 g/mol. The van der Waals surface area contributed by atoms with E-state index in [0.29, 0.717) is 0 Å². The first kappa shape index (κ1) is 10.6. The van der Waals surface area contributed by atoms with Crippen LogP contribution in [0.25, 0.3) is 0 Å². The van der Waals surface area contributed by atoms with E-state index in [1.165, 1.54) is 5.69 Å². The molecule has 0 aliphatic carbocycles. The Balaban J connectivity index is 2.73. The topological polar surface area (TPSA) is 18.8 Å². The fourth-order valence-corrected chi connectivity index (χ4v) is 1.04. The Morgan fingerprint density at radius 3 is 2.00 bits per heavy atom. The van der Waals surface area contributed by atoms with Gasteiger partial charge in [-0.3, -0.25) is 0 Å². The summed E-state index contributed by atoms with van der Waals surface area (Å²) in [6.45, 7) is 0. The molecule has 1 aromatic rings. The molecule has 0 radical (unpaired) electrons. The third-order valence-electron chi connectivity index (χ3n) is 1.85. The van der Waals surface area contributed by atoms with Crippen LogP contribution in [-0.2, 0) is 0 Å². The number of hydrogen-bond donors (Lipinski definition) is 0. The van der Waals surface area contributed by atoms with Gasteiger partial charge in [0.25, 0.3) is 0 Å². The molecule has 0 unspecified atom stereocenters. The molecule has 0 N–H and O–H groups in total. The molecule has 1 aromatic carbocycles. The summed E-state index contributed by atoms with van der Waals surface area (Å²) < 4.78 is 0. The van der Waals surface area contributed by atoms with Gasteiger partial charge in [0.15, 0.2) is 0 Å². The van der Waals surface area contributed by atoms with E-state index in [1.807, 2.05) is 34.4 Å². The van der Waals surface area contributed by atoms with Crippen molar-refractivity contribution < 1.29 is 0 Å². The van der Waals surface area contributed by atoms with Crippen molar-refractivity contribution >= 4 is 11.9 Å². The van der Waals surface area contributed by atoms with Crippen molar-refractivity contribution in [2.75, 3.05) is 33.1 Å². The minimum atomic E-state index is 1.12. The summed E-state index contributed by atoms with van der Waals surface area (Å²) in [7, 11) is 7.88. The zero-order valence-corrected chi connectivity index (χ0v) is 9.23. The first-order chi connectivity index (χ1) is 6.59. The largest absolute Gasteiger partial charge is 0.378 e. The zero-order valence-electron chi connectivity index (χ0n) is 9.23. The molecule has 3 heteroatoms. The van der Waals surface area contributed by atoms with Crippen LogP contribution >= 0.6 is 0 Å². The van der Waals surface area contributed by atoms with Crippen LogP contribution < -0.4 is 4.90 Å². The molecule has 0 fully saturated rings. The van der Waals surface area contributed by atoms with Crippen LogP contribution in [0.5, 0.6) is 0 Å². The molecule has 76 valence electrons. The summed E-state index contributed by atoms with van der Waals surface area (Å²) in [5.74, 6) is 0. The first-order valence-electron chi connectivity index (χ1n) is 4.58. The average molecular weight is 191 g/mol. The standard InChI is InChI=1S/C11H17N3/c1-13(2)11-7-5-10(6-8-11)9-12-14(3)4/h5-9H,1-4H3/b12-9-. The van der Waals surface area contributed by atoms with E-state index in [4.69, 9.17) is 0 Å². The molecule has 0 spiro atoms. The van der Waals surface area contributed by atoms with Crippen LogP contribution in [0, 0.1) is 0 Å². The Morgan fingerprint density at radius 2 is 1.57 bits per heavy atom. The Kier molecular flexibility index (Phi) is 3.51. The molecular formula is C11H17N3. The summed E-state index contributed by atoms with van der Waals surface area (Å²) in [6.07, 6.45) is 1.85. The fourth-order valence-electron chi connectivity index (χ4n) is 1.04. The number of rotatable bonds is 3. The number of nitrogens with zero attached hydrogens (tertiary/aromatic N) is 3. The number of hydrazone groups is 1. The zero-order chi connectivity index (χ0) is 10.6. The lowest BCUT2D eigenvalue weighted by molar-refractivity contribution is 0.440. The Hall–Kier alpha value is -1.51. The summed E-state index contributed by atoms with van der Waals surface area (Å²) in [5, 5.41) is 5.94. The van der Waals surface area contributed by atoms with E-state index in [9.17, 15) is 0 Å². The maximum absolute atomic E-state index is 4.16. The van der Waals surface area contributed by atoms with Crippen molar-refractivity contribution in [2.24, 2.45) is 5.10 Å². The molecule has 1 rings (SSSR count). The highest BCUT2D eigenvalue weighted by molar-refractivity contribution is 5.80. The lowest BCUT2D eigenvalue weighted by Crippen LogP contribution is -2.08.